The lowest BCUT2D eigenvalue weighted by molar-refractivity contribution is 0.0917. The van der Waals surface area contributed by atoms with Crippen LogP contribution in [-0.2, 0) is 13.2 Å². The minimum Gasteiger partial charge on any atom is -0.491 e. The predicted octanol–water partition coefficient (Wildman–Crippen LogP) is 4.36. The number of aliphatic hydroxyl groups is 1. The van der Waals surface area contributed by atoms with Crippen molar-refractivity contribution in [2.24, 2.45) is 0 Å². The van der Waals surface area contributed by atoms with Gasteiger partial charge in [0.25, 0.3) is 0 Å². The van der Waals surface area contributed by atoms with Gasteiger partial charge in [-0.05, 0) is 48.9 Å². The highest BCUT2D eigenvalue weighted by molar-refractivity contribution is 5.75. The number of imidazole rings is 1. The van der Waals surface area contributed by atoms with Crippen LogP contribution < -0.4 is 9.47 Å². The number of fused-ring (bicyclic) bond motifs is 1. The molecule has 0 amide bonds. The fraction of sp³-hybridized carbons (Fsp3) is 0.208. The van der Waals surface area contributed by atoms with Gasteiger partial charge in [0.15, 0.2) is 0 Å². The first-order valence-electron chi connectivity index (χ1n) is 9.68. The second kappa shape index (κ2) is 8.80. The lowest BCUT2D eigenvalue weighted by Crippen LogP contribution is -2.25. The Bertz CT molecular complexity index is 1080. The van der Waals surface area contributed by atoms with Crippen molar-refractivity contribution < 1.29 is 14.6 Å². The van der Waals surface area contributed by atoms with Crippen LogP contribution in [0.5, 0.6) is 11.5 Å². The molecule has 1 heterocycles. The standard InChI is InChI=1S/C24H24N2O3/c1-18-8-7-11-21(14-18)28-16-19(27)15-26-23-13-6-5-12-22(23)25-24(26)17-29-20-9-3-2-4-10-20/h2-14,19,27H,15-17H2,1H3/t19-/m0/s1. The molecule has 4 rings (SSSR count). The highest BCUT2D eigenvalue weighted by atomic mass is 16.5. The van der Waals surface area contributed by atoms with Crippen LogP contribution >= 0.6 is 0 Å². The Labute approximate surface area is 170 Å². The first-order valence-corrected chi connectivity index (χ1v) is 9.68. The summed E-state index contributed by atoms with van der Waals surface area (Å²) in [6.45, 7) is 2.92. The molecule has 0 bridgehead atoms. The molecular weight excluding hydrogens is 364 g/mol. The van der Waals surface area contributed by atoms with E-state index in [0.29, 0.717) is 13.2 Å². The SMILES string of the molecule is Cc1cccc(OC[C@@H](O)Cn2c(COc3ccccc3)nc3ccccc32)c1. The molecule has 0 unspecified atom stereocenters. The smallest absolute Gasteiger partial charge is 0.148 e. The van der Waals surface area contributed by atoms with Crippen LogP contribution in [0, 0.1) is 6.92 Å². The second-order valence-electron chi connectivity index (χ2n) is 7.01. The zero-order valence-corrected chi connectivity index (χ0v) is 16.4. The number of ether oxygens (including phenoxy) is 2. The van der Waals surface area contributed by atoms with Crippen molar-refractivity contribution in [2.45, 2.75) is 26.2 Å². The van der Waals surface area contributed by atoms with Crippen LogP contribution in [0.15, 0.2) is 78.9 Å². The third kappa shape index (κ3) is 4.76. The van der Waals surface area contributed by atoms with Crippen LogP contribution in [0.25, 0.3) is 11.0 Å². The van der Waals surface area contributed by atoms with Crippen LogP contribution in [-0.4, -0.2) is 27.4 Å². The van der Waals surface area contributed by atoms with E-state index in [-0.39, 0.29) is 6.61 Å². The van der Waals surface area contributed by atoms with E-state index >= 15 is 0 Å². The van der Waals surface area contributed by atoms with Gasteiger partial charge in [-0.2, -0.15) is 0 Å². The average Bonchev–Trinajstić information content (AvgIpc) is 3.09. The molecule has 29 heavy (non-hydrogen) atoms. The first-order chi connectivity index (χ1) is 14.2. The average molecular weight is 388 g/mol. The Balaban J connectivity index is 1.49. The number of hydrogen-bond acceptors (Lipinski definition) is 4. The lowest BCUT2D eigenvalue weighted by Gasteiger charge is -2.16. The van der Waals surface area contributed by atoms with E-state index in [1.807, 2.05) is 90.4 Å². The summed E-state index contributed by atoms with van der Waals surface area (Å²) in [4.78, 5) is 4.70. The van der Waals surface area contributed by atoms with Crippen molar-refractivity contribution in [1.82, 2.24) is 9.55 Å². The summed E-state index contributed by atoms with van der Waals surface area (Å²) >= 11 is 0. The van der Waals surface area contributed by atoms with Gasteiger partial charge in [0.05, 0.1) is 17.6 Å². The minimum absolute atomic E-state index is 0.203. The monoisotopic (exact) mass is 388 g/mol. The van der Waals surface area contributed by atoms with Gasteiger partial charge >= 0.3 is 0 Å². The first kappa shape index (κ1) is 19.0. The van der Waals surface area contributed by atoms with E-state index in [0.717, 1.165) is 33.9 Å². The summed E-state index contributed by atoms with van der Waals surface area (Å²) in [6, 6.07) is 25.4. The molecule has 5 heteroatoms. The van der Waals surface area contributed by atoms with Crippen molar-refractivity contribution >= 4 is 11.0 Å². The van der Waals surface area contributed by atoms with Gasteiger partial charge in [-0.3, -0.25) is 0 Å². The second-order valence-corrected chi connectivity index (χ2v) is 7.01. The van der Waals surface area contributed by atoms with Gasteiger partial charge in [-0.15, -0.1) is 0 Å². The number of aryl methyl sites for hydroxylation is 1. The summed E-state index contributed by atoms with van der Waals surface area (Å²) in [6.07, 6.45) is -0.677. The van der Waals surface area contributed by atoms with Gasteiger partial charge in [0, 0.05) is 0 Å². The minimum atomic E-state index is -0.677. The lowest BCUT2D eigenvalue weighted by atomic mass is 10.2. The van der Waals surface area contributed by atoms with Gasteiger partial charge in [0.1, 0.15) is 36.6 Å². The third-order valence-corrected chi connectivity index (χ3v) is 4.67. The molecule has 148 valence electrons. The molecule has 0 aliphatic carbocycles. The maximum Gasteiger partial charge on any atom is 0.148 e. The molecule has 1 aromatic heterocycles. The fourth-order valence-electron chi connectivity index (χ4n) is 3.26. The fourth-order valence-corrected chi connectivity index (χ4v) is 3.26. The largest absolute Gasteiger partial charge is 0.491 e. The van der Waals surface area contributed by atoms with E-state index in [1.54, 1.807) is 0 Å². The predicted molar refractivity (Wildman–Crippen MR) is 113 cm³/mol. The molecule has 4 aromatic rings. The maximum atomic E-state index is 10.6. The third-order valence-electron chi connectivity index (χ3n) is 4.67. The summed E-state index contributed by atoms with van der Waals surface area (Å²) in [5.41, 5.74) is 2.97. The van der Waals surface area contributed by atoms with Crippen molar-refractivity contribution in [3.05, 3.63) is 90.3 Å². The van der Waals surface area contributed by atoms with Gasteiger partial charge in [0.2, 0.25) is 0 Å². The number of nitrogens with zero attached hydrogens (tertiary/aromatic N) is 2. The van der Waals surface area contributed by atoms with Gasteiger partial charge in [-0.1, -0.05) is 42.5 Å². The number of aromatic nitrogens is 2. The highest BCUT2D eigenvalue weighted by Crippen LogP contribution is 2.19. The Morgan fingerprint density at radius 3 is 2.48 bits per heavy atom. The van der Waals surface area contributed by atoms with Crippen molar-refractivity contribution in [3.8, 4) is 11.5 Å². The number of aliphatic hydroxyl groups excluding tert-OH is 1. The number of rotatable bonds is 8. The Kier molecular flexibility index (Phi) is 5.77. The van der Waals surface area contributed by atoms with Crippen molar-refractivity contribution in [1.29, 1.82) is 0 Å². The van der Waals surface area contributed by atoms with Gasteiger partial charge in [-0.25, -0.2) is 4.98 Å². The number of hydrogen-bond donors (Lipinski definition) is 1. The van der Waals surface area contributed by atoms with E-state index in [2.05, 4.69) is 0 Å². The molecule has 5 nitrogen and oxygen atoms in total. The Morgan fingerprint density at radius 2 is 1.66 bits per heavy atom. The molecule has 1 atom stereocenters. The van der Waals surface area contributed by atoms with E-state index in [4.69, 9.17) is 14.5 Å². The molecule has 0 aliphatic heterocycles. The maximum absolute atomic E-state index is 10.6. The number of benzene rings is 3. The van der Waals surface area contributed by atoms with Crippen LogP contribution in [0.1, 0.15) is 11.4 Å². The van der Waals surface area contributed by atoms with Crippen LogP contribution in [0.4, 0.5) is 0 Å². The molecule has 0 aliphatic rings. The Morgan fingerprint density at radius 1 is 0.897 bits per heavy atom. The van der Waals surface area contributed by atoms with Crippen LogP contribution in [0.3, 0.4) is 0 Å². The molecule has 0 saturated carbocycles. The molecular formula is C24H24N2O3. The number of para-hydroxylation sites is 3. The molecule has 0 saturated heterocycles. The molecule has 3 aromatic carbocycles. The highest BCUT2D eigenvalue weighted by Gasteiger charge is 2.15. The zero-order valence-electron chi connectivity index (χ0n) is 16.4. The Hall–Kier alpha value is -3.31. The van der Waals surface area contributed by atoms with E-state index in [1.165, 1.54) is 0 Å². The quantitative estimate of drug-likeness (QED) is 0.487. The van der Waals surface area contributed by atoms with Crippen LogP contribution in [0.2, 0.25) is 0 Å². The molecule has 0 spiro atoms. The molecule has 0 fully saturated rings. The summed E-state index contributed by atoms with van der Waals surface area (Å²) < 4.78 is 13.7. The molecule has 0 radical (unpaired) electrons. The van der Waals surface area contributed by atoms with E-state index < -0.39 is 6.10 Å². The van der Waals surface area contributed by atoms with E-state index in [9.17, 15) is 5.11 Å². The topological polar surface area (TPSA) is 56.5 Å². The van der Waals surface area contributed by atoms with Gasteiger partial charge < -0.3 is 19.1 Å². The molecule has 1 N–H and O–H groups in total. The summed E-state index contributed by atoms with van der Waals surface area (Å²) in [5.74, 6) is 2.31. The van der Waals surface area contributed by atoms with Crippen molar-refractivity contribution in [3.63, 3.8) is 0 Å². The van der Waals surface area contributed by atoms with Crippen molar-refractivity contribution in [2.75, 3.05) is 6.61 Å². The zero-order chi connectivity index (χ0) is 20.1. The summed E-state index contributed by atoms with van der Waals surface area (Å²) in [7, 11) is 0. The summed E-state index contributed by atoms with van der Waals surface area (Å²) in [5, 5.41) is 10.6. The normalized spacial score (nSPS) is 12.1.